The average molecular weight is 377 g/mol. The van der Waals surface area contributed by atoms with E-state index in [1.54, 1.807) is 0 Å². The second-order valence-electron chi connectivity index (χ2n) is 5.35. The van der Waals surface area contributed by atoms with Crippen LogP contribution in [0.3, 0.4) is 0 Å². The Labute approximate surface area is 149 Å². The third kappa shape index (κ3) is 4.09. The molecule has 0 fully saturated rings. The van der Waals surface area contributed by atoms with Gasteiger partial charge in [0, 0.05) is 18.2 Å². The third-order valence-electron chi connectivity index (χ3n) is 3.65. The van der Waals surface area contributed by atoms with E-state index in [1.165, 1.54) is 31.2 Å². The molecule has 140 valence electrons. The van der Waals surface area contributed by atoms with Crippen LogP contribution >= 0.6 is 0 Å². The molecule has 0 saturated carbocycles. The van der Waals surface area contributed by atoms with E-state index in [4.69, 9.17) is 0 Å². The van der Waals surface area contributed by atoms with Crippen LogP contribution in [-0.4, -0.2) is 19.7 Å². The zero-order valence-electron chi connectivity index (χ0n) is 13.6. The number of rotatable bonds is 7. The summed E-state index contributed by atoms with van der Waals surface area (Å²) >= 11 is 0. The van der Waals surface area contributed by atoms with Crippen molar-refractivity contribution in [3.05, 3.63) is 82.4 Å². The normalized spacial score (nSPS) is 11.4. The van der Waals surface area contributed by atoms with Crippen molar-refractivity contribution in [3.8, 4) is 0 Å². The lowest BCUT2D eigenvalue weighted by Gasteiger charge is -2.15. The van der Waals surface area contributed by atoms with Crippen molar-refractivity contribution in [2.75, 3.05) is 5.32 Å². The van der Waals surface area contributed by atoms with Crippen molar-refractivity contribution in [1.82, 2.24) is 0 Å². The van der Waals surface area contributed by atoms with Gasteiger partial charge in [-0.3, -0.25) is 40.5 Å². The molecule has 0 aliphatic carbocycles. The van der Waals surface area contributed by atoms with E-state index in [0.717, 1.165) is 0 Å². The molecule has 0 spiro atoms. The number of anilines is 1. The van der Waals surface area contributed by atoms with Crippen molar-refractivity contribution in [2.24, 2.45) is 0 Å². The molecular formula is C14H11N5O8. The Hall–Kier alpha value is -4.16. The fraction of sp³-hybridized carbons (Fsp3) is 0.143. The maximum atomic E-state index is 11.3. The molecule has 0 amide bonds. The van der Waals surface area contributed by atoms with Gasteiger partial charge in [0.05, 0.1) is 31.8 Å². The number of nitrogens with one attached hydrogen (secondary N) is 1. The van der Waals surface area contributed by atoms with Gasteiger partial charge in [-0.15, -0.1) is 0 Å². The van der Waals surface area contributed by atoms with Crippen LogP contribution in [0.5, 0.6) is 0 Å². The first-order valence-corrected chi connectivity index (χ1v) is 7.24. The smallest absolute Gasteiger partial charge is 0.306 e. The lowest BCUT2D eigenvalue weighted by molar-refractivity contribution is -0.401. The average Bonchev–Trinajstić information content (AvgIpc) is 2.61. The molecule has 0 aliphatic rings. The monoisotopic (exact) mass is 377 g/mol. The van der Waals surface area contributed by atoms with Gasteiger partial charge in [0.2, 0.25) is 0 Å². The third-order valence-corrected chi connectivity index (χ3v) is 3.65. The molecule has 2 rings (SSSR count). The number of hydrogen-bond donors (Lipinski definition) is 1. The van der Waals surface area contributed by atoms with Gasteiger partial charge in [-0.25, -0.2) is 0 Å². The van der Waals surface area contributed by atoms with Gasteiger partial charge in [0.15, 0.2) is 5.69 Å². The molecule has 0 saturated heterocycles. The zero-order valence-corrected chi connectivity index (χ0v) is 13.6. The van der Waals surface area contributed by atoms with Gasteiger partial charge in [-0.1, -0.05) is 12.1 Å². The summed E-state index contributed by atoms with van der Waals surface area (Å²) in [5.74, 6) is 0. The number of benzene rings is 2. The maximum absolute atomic E-state index is 11.3. The molecule has 0 aromatic heterocycles. The van der Waals surface area contributed by atoms with Crippen molar-refractivity contribution >= 4 is 28.4 Å². The highest BCUT2D eigenvalue weighted by Gasteiger charge is 2.31. The molecule has 0 unspecified atom stereocenters. The first-order valence-electron chi connectivity index (χ1n) is 7.24. The zero-order chi connectivity index (χ0) is 20.3. The Balaban J connectivity index is 2.49. The summed E-state index contributed by atoms with van der Waals surface area (Å²) < 4.78 is 0. The molecule has 27 heavy (non-hydrogen) atoms. The second kappa shape index (κ2) is 7.38. The van der Waals surface area contributed by atoms with Crippen molar-refractivity contribution in [1.29, 1.82) is 0 Å². The molecule has 2 aromatic carbocycles. The molecular weight excluding hydrogens is 366 g/mol. The van der Waals surface area contributed by atoms with E-state index >= 15 is 0 Å². The van der Waals surface area contributed by atoms with Gasteiger partial charge >= 0.3 is 11.4 Å². The summed E-state index contributed by atoms with van der Waals surface area (Å²) in [5, 5.41) is 46.7. The molecule has 13 nitrogen and oxygen atoms in total. The predicted molar refractivity (Wildman–Crippen MR) is 91.5 cm³/mol. The number of nitrogens with zero attached hydrogens (tertiary/aromatic N) is 4. The van der Waals surface area contributed by atoms with Crippen LogP contribution in [-0.2, 0) is 0 Å². The Morgan fingerprint density at radius 2 is 1.19 bits per heavy atom. The van der Waals surface area contributed by atoms with E-state index < -0.39 is 48.5 Å². The minimum Gasteiger partial charge on any atom is -0.367 e. The van der Waals surface area contributed by atoms with Gasteiger partial charge in [0.25, 0.3) is 11.4 Å². The lowest BCUT2D eigenvalue weighted by Crippen LogP contribution is -2.11. The molecule has 2 aromatic rings. The fourth-order valence-electron chi connectivity index (χ4n) is 2.32. The first-order chi connectivity index (χ1) is 12.6. The van der Waals surface area contributed by atoms with Gasteiger partial charge in [-0.2, -0.15) is 0 Å². The molecule has 0 radical (unpaired) electrons. The van der Waals surface area contributed by atoms with Gasteiger partial charge < -0.3 is 5.32 Å². The van der Waals surface area contributed by atoms with Crippen molar-refractivity contribution in [2.45, 2.75) is 13.0 Å². The van der Waals surface area contributed by atoms with Crippen molar-refractivity contribution in [3.63, 3.8) is 0 Å². The van der Waals surface area contributed by atoms with E-state index in [2.05, 4.69) is 5.32 Å². The SMILES string of the molecule is C[C@@H](Nc1c([N+](=O)[O-])cc([N+](=O)[O-])cc1[N+](=O)[O-])c1ccc([N+](=O)[O-])cc1. The van der Waals surface area contributed by atoms with E-state index in [1.807, 2.05) is 0 Å². The highest BCUT2D eigenvalue weighted by molar-refractivity contribution is 5.77. The summed E-state index contributed by atoms with van der Waals surface area (Å²) in [7, 11) is 0. The Bertz CT molecular complexity index is 908. The van der Waals surface area contributed by atoms with Crippen LogP contribution in [0.4, 0.5) is 28.4 Å². The van der Waals surface area contributed by atoms with Crippen LogP contribution in [0.15, 0.2) is 36.4 Å². The van der Waals surface area contributed by atoms with E-state index in [9.17, 15) is 40.5 Å². The summed E-state index contributed by atoms with van der Waals surface area (Å²) in [4.78, 5) is 40.6. The minimum atomic E-state index is -0.969. The Morgan fingerprint density at radius 1 is 0.741 bits per heavy atom. The van der Waals surface area contributed by atoms with Crippen LogP contribution in [0.25, 0.3) is 0 Å². The summed E-state index contributed by atoms with van der Waals surface area (Å²) in [6.45, 7) is 1.52. The molecule has 0 aliphatic heterocycles. The quantitative estimate of drug-likeness (QED) is 0.556. The number of hydrogen-bond acceptors (Lipinski definition) is 9. The molecule has 1 atom stereocenters. The van der Waals surface area contributed by atoms with Crippen LogP contribution in [0, 0.1) is 40.5 Å². The van der Waals surface area contributed by atoms with Gasteiger partial charge in [-0.05, 0) is 12.5 Å². The first kappa shape index (κ1) is 19.2. The number of nitro groups is 4. The van der Waals surface area contributed by atoms with E-state index in [0.29, 0.717) is 17.7 Å². The lowest BCUT2D eigenvalue weighted by atomic mass is 10.1. The van der Waals surface area contributed by atoms with Crippen LogP contribution in [0.2, 0.25) is 0 Å². The summed E-state index contributed by atoms with van der Waals surface area (Å²) in [6.07, 6.45) is 0. The number of non-ortho nitro benzene ring substituents is 2. The fourth-order valence-corrected chi connectivity index (χ4v) is 2.32. The highest BCUT2D eigenvalue weighted by Crippen LogP contribution is 2.40. The molecule has 1 N–H and O–H groups in total. The summed E-state index contributed by atoms with van der Waals surface area (Å²) in [6, 6.07) is 5.73. The predicted octanol–water partition coefficient (Wildman–Crippen LogP) is 3.49. The largest absolute Gasteiger partial charge is 0.367 e. The van der Waals surface area contributed by atoms with Crippen LogP contribution < -0.4 is 5.32 Å². The molecule has 0 bridgehead atoms. The Kier molecular flexibility index (Phi) is 5.24. The molecule has 13 heteroatoms. The van der Waals surface area contributed by atoms with Gasteiger partial charge in [0.1, 0.15) is 0 Å². The van der Waals surface area contributed by atoms with Crippen LogP contribution in [0.1, 0.15) is 18.5 Å². The topological polar surface area (TPSA) is 185 Å². The minimum absolute atomic E-state index is 0.168. The standard InChI is InChI=1S/C14H11N5O8/c1-8(9-2-4-10(5-3-9)16(20)21)15-14-12(18(24)25)6-11(17(22)23)7-13(14)19(26)27/h2-8,15H,1H3/t8-/m1/s1. The Morgan fingerprint density at radius 3 is 1.56 bits per heavy atom. The van der Waals surface area contributed by atoms with E-state index in [-0.39, 0.29) is 5.69 Å². The highest BCUT2D eigenvalue weighted by atomic mass is 16.6. The maximum Gasteiger partial charge on any atom is 0.306 e. The summed E-state index contributed by atoms with van der Waals surface area (Å²) in [5.41, 5.74) is -2.65. The second-order valence-corrected chi connectivity index (χ2v) is 5.35. The number of nitro benzene ring substituents is 4. The van der Waals surface area contributed by atoms with Crippen molar-refractivity contribution < 1.29 is 19.7 Å². The molecule has 0 heterocycles.